The Kier molecular flexibility index (Phi) is 5.93. The van der Waals surface area contributed by atoms with E-state index >= 15 is 0 Å². The summed E-state index contributed by atoms with van der Waals surface area (Å²) in [6.45, 7) is 0.597. The van der Waals surface area contributed by atoms with E-state index in [9.17, 15) is 14.4 Å². The van der Waals surface area contributed by atoms with Crippen LogP contribution >= 0.6 is 0 Å². The van der Waals surface area contributed by atoms with Crippen molar-refractivity contribution >= 4 is 34.9 Å². The fraction of sp³-hybridized carbons (Fsp3) is 0.125. The van der Waals surface area contributed by atoms with Gasteiger partial charge in [0, 0.05) is 30.2 Å². The molecule has 0 atom stereocenters. The number of carbonyl (C=O) groups is 3. The van der Waals surface area contributed by atoms with Crippen molar-refractivity contribution in [2.75, 3.05) is 23.7 Å². The van der Waals surface area contributed by atoms with Crippen molar-refractivity contribution in [3.05, 3.63) is 90.0 Å². The SMILES string of the molecule is O=C(NCCCN1C(=O)c2ccccc2C1=O)Nc1ccc(Nc2ccccc2)cc1. The van der Waals surface area contributed by atoms with Crippen LogP contribution in [0.4, 0.5) is 21.9 Å². The third-order valence-corrected chi connectivity index (χ3v) is 4.93. The van der Waals surface area contributed by atoms with Crippen molar-refractivity contribution in [1.29, 1.82) is 0 Å². The molecule has 0 saturated carbocycles. The number of urea groups is 1. The number of anilines is 3. The lowest BCUT2D eigenvalue weighted by atomic mass is 10.1. The van der Waals surface area contributed by atoms with Crippen LogP contribution in [0.15, 0.2) is 78.9 Å². The average Bonchev–Trinajstić information content (AvgIpc) is 3.03. The van der Waals surface area contributed by atoms with Crippen LogP contribution in [0.2, 0.25) is 0 Å². The number of hydrogen-bond donors (Lipinski definition) is 3. The van der Waals surface area contributed by atoms with Crippen LogP contribution in [0.5, 0.6) is 0 Å². The van der Waals surface area contributed by atoms with Gasteiger partial charge in [-0.25, -0.2) is 4.79 Å². The first-order chi connectivity index (χ1) is 15.1. The number of amides is 4. The van der Waals surface area contributed by atoms with Gasteiger partial charge in [0.15, 0.2) is 0 Å². The Morgan fingerprint density at radius 1 is 0.710 bits per heavy atom. The summed E-state index contributed by atoms with van der Waals surface area (Å²) in [7, 11) is 0. The van der Waals surface area contributed by atoms with Crippen LogP contribution < -0.4 is 16.0 Å². The maximum atomic E-state index is 12.3. The molecular formula is C24H22N4O3. The van der Waals surface area contributed by atoms with Gasteiger partial charge in [-0.3, -0.25) is 14.5 Å². The minimum atomic E-state index is -0.342. The number of rotatable bonds is 7. The maximum absolute atomic E-state index is 12.3. The lowest BCUT2D eigenvalue weighted by molar-refractivity contribution is 0.0653. The summed E-state index contributed by atoms with van der Waals surface area (Å²) >= 11 is 0. The fourth-order valence-corrected chi connectivity index (χ4v) is 3.38. The van der Waals surface area contributed by atoms with Crippen molar-refractivity contribution in [3.63, 3.8) is 0 Å². The summed E-state index contributed by atoms with van der Waals surface area (Å²) < 4.78 is 0. The summed E-state index contributed by atoms with van der Waals surface area (Å²) in [6, 6.07) is 23.6. The summed E-state index contributed by atoms with van der Waals surface area (Å²) in [4.78, 5) is 38.0. The lowest BCUT2D eigenvalue weighted by Gasteiger charge is -2.14. The van der Waals surface area contributed by atoms with E-state index in [1.807, 2.05) is 54.6 Å². The Morgan fingerprint density at radius 3 is 1.90 bits per heavy atom. The highest BCUT2D eigenvalue weighted by Crippen LogP contribution is 2.22. The largest absolute Gasteiger partial charge is 0.356 e. The topological polar surface area (TPSA) is 90.5 Å². The van der Waals surface area contributed by atoms with E-state index in [0.29, 0.717) is 29.8 Å². The number of para-hydroxylation sites is 1. The number of hydrogen-bond acceptors (Lipinski definition) is 4. The normalized spacial score (nSPS) is 12.5. The van der Waals surface area contributed by atoms with Crippen molar-refractivity contribution in [3.8, 4) is 0 Å². The Morgan fingerprint density at radius 2 is 1.26 bits per heavy atom. The molecule has 1 aliphatic heterocycles. The first kappa shape index (κ1) is 20.2. The Balaban J connectivity index is 1.20. The molecular weight excluding hydrogens is 392 g/mol. The third kappa shape index (κ3) is 4.72. The molecule has 31 heavy (non-hydrogen) atoms. The molecule has 4 amide bonds. The molecule has 156 valence electrons. The van der Waals surface area contributed by atoms with Crippen LogP contribution in [0, 0.1) is 0 Å². The monoisotopic (exact) mass is 414 g/mol. The van der Waals surface area contributed by atoms with E-state index in [4.69, 9.17) is 0 Å². The van der Waals surface area contributed by atoms with Gasteiger partial charge in [-0.2, -0.15) is 0 Å². The zero-order chi connectivity index (χ0) is 21.6. The molecule has 3 aromatic carbocycles. The van der Waals surface area contributed by atoms with Gasteiger partial charge in [-0.05, 0) is 55.0 Å². The molecule has 0 aliphatic carbocycles. The molecule has 7 nitrogen and oxygen atoms in total. The summed E-state index contributed by atoms with van der Waals surface area (Å²) in [6.07, 6.45) is 0.471. The second-order valence-electron chi connectivity index (χ2n) is 7.11. The number of nitrogens with zero attached hydrogens (tertiary/aromatic N) is 1. The molecule has 1 aliphatic rings. The van der Waals surface area contributed by atoms with Gasteiger partial charge in [0.1, 0.15) is 0 Å². The van der Waals surface area contributed by atoms with Crippen LogP contribution in [0.3, 0.4) is 0 Å². The highest BCUT2D eigenvalue weighted by molar-refractivity contribution is 6.21. The van der Waals surface area contributed by atoms with Crippen molar-refractivity contribution in [2.45, 2.75) is 6.42 Å². The average molecular weight is 414 g/mol. The standard InChI is InChI=1S/C24H22N4O3/c29-22-20-9-4-5-10-21(20)23(30)28(22)16-6-15-25-24(31)27-19-13-11-18(12-14-19)26-17-7-2-1-3-8-17/h1-5,7-14,26H,6,15-16H2,(H2,25,27,31). The number of imide groups is 1. The van der Waals surface area contributed by atoms with Gasteiger partial charge < -0.3 is 16.0 Å². The van der Waals surface area contributed by atoms with E-state index < -0.39 is 0 Å². The minimum Gasteiger partial charge on any atom is -0.356 e. The van der Waals surface area contributed by atoms with Crippen LogP contribution in [-0.4, -0.2) is 35.8 Å². The highest BCUT2D eigenvalue weighted by atomic mass is 16.2. The predicted octanol–water partition coefficient (Wildman–Crippen LogP) is 4.24. The third-order valence-electron chi connectivity index (χ3n) is 4.93. The van der Waals surface area contributed by atoms with E-state index in [1.54, 1.807) is 24.3 Å². The molecule has 0 saturated heterocycles. The van der Waals surface area contributed by atoms with E-state index in [0.717, 1.165) is 11.4 Å². The van der Waals surface area contributed by atoms with Crippen LogP contribution in [0.1, 0.15) is 27.1 Å². The zero-order valence-corrected chi connectivity index (χ0v) is 16.8. The van der Waals surface area contributed by atoms with Crippen molar-refractivity contribution in [1.82, 2.24) is 10.2 Å². The Labute approximate surface area is 180 Å². The molecule has 7 heteroatoms. The molecule has 0 bridgehead atoms. The number of fused-ring (bicyclic) bond motifs is 1. The van der Waals surface area contributed by atoms with E-state index in [1.165, 1.54) is 4.90 Å². The summed E-state index contributed by atoms with van der Waals surface area (Å²) in [5.41, 5.74) is 3.43. The zero-order valence-electron chi connectivity index (χ0n) is 16.8. The fourth-order valence-electron chi connectivity index (χ4n) is 3.38. The van der Waals surface area contributed by atoms with Gasteiger partial charge in [0.2, 0.25) is 0 Å². The first-order valence-corrected chi connectivity index (χ1v) is 10.0. The molecule has 0 aromatic heterocycles. The van der Waals surface area contributed by atoms with E-state index in [-0.39, 0.29) is 24.4 Å². The van der Waals surface area contributed by atoms with Gasteiger partial charge in [-0.15, -0.1) is 0 Å². The summed E-state index contributed by atoms with van der Waals surface area (Å²) in [5.74, 6) is -0.566. The van der Waals surface area contributed by atoms with Gasteiger partial charge in [0.05, 0.1) is 11.1 Å². The molecule has 4 rings (SSSR count). The van der Waals surface area contributed by atoms with E-state index in [2.05, 4.69) is 16.0 Å². The number of nitrogens with one attached hydrogen (secondary N) is 3. The Hall–Kier alpha value is -4.13. The molecule has 0 radical (unpaired) electrons. The predicted molar refractivity (Wildman–Crippen MR) is 120 cm³/mol. The van der Waals surface area contributed by atoms with Crippen LogP contribution in [-0.2, 0) is 0 Å². The first-order valence-electron chi connectivity index (χ1n) is 10.0. The molecule has 3 N–H and O–H groups in total. The molecule has 0 unspecified atom stereocenters. The molecule has 0 fully saturated rings. The highest BCUT2D eigenvalue weighted by Gasteiger charge is 2.34. The van der Waals surface area contributed by atoms with Crippen molar-refractivity contribution < 1.29 is 14.4 Å². The second-order valence-corrected chi connectivity index (χ2v) is 7.11. The molecule has 0 spiro atoms. The number of carbonyl (C=O) groups excluding carboxylic acids is 3. The quantitative estimate of drug-likeness (QED) is 0.398. The van der Waals surface area contributed by atoms with Crippen LogP contribution in [0.25, 0.3) is 0 Å². The number of benzene rings is 3. The smallest absolute Gasteiger partial charge is 0.319 e. The maximum Gasteiger partial charge on any atom is 0.319 e. The second kappa shape index (κ2) is 9.13. The Bertz CT molecular complexity index is 1060. The van der Waals surface area contributed by atoms with Gasteiger partial charge in [0.25, 0.3) is 11.8 Å². The van der Waals surface area contributed by atoms with Gasteiger partial charge >= 0.3 is 6.03 Å². The molecule has 3 aromatic rings. The van der Waals surface area contributed by atoms with Crippen molar-refractivity contribution in [2.24, 2.45) is 0 Å². The summed E-state index contributed by atoms with van der Waals surface area (Å²) in [5, 5.41) is 8.79. The lowest BCUT2D eigenvalue weighted by Crippen LogP contribution is -2.35. The molecule has 1 heterocycles. The minimum absolute atomic E-state index is 0.256. The van der Waals surface area contributed by atoms with Gasteiger partial charge in [-0.1, -0.05) is 30.3 Å².